The fraction of sp³-hybridized carbons (Fsp3) is 1.00. The minimum Gasteiger partial charge on any atom is -0.315 e. The van der Waals surface area contributed by atoms with E-state index in [2.05, 4.69) is 28.4 Å². The van der Waals surface area contributed by atoms with E-state index in [-0.39, 0.29) is 0 Å². The summed E-state index contributed by atoms with van der Waals surface area (Å²) in [7, 11) is 2.23. The van der Waals surface area contributed by atoms with E-state index in [1.54, 1.807) is 0 Å². The van der Waals surface area contributed by atoms with Gasteiger partial charge in [-0.25, -0.2) is 0 Å². The molecule has 0 saturated carbocycles. The highest BCUT2D eigenvalue weighted by molar-refractivity contribution is 7.98. The maximum atomic E-state index is 3.44. The second kappa shape index (κ2) is 8.39. The molecule has 0 atom stereocenters. The summed E-state index contributed by atoms with van der Waals surface area (Å²) in [6.07, 6.45) is 3.48. The van der Waals surface area contributed by atoms with Gasteiger partial charge in [0.05, 0.1) is 0 Å². The Hall–Kier alpha value is 0.230. The molecule has 0 aromatic carbocycles. The number of nitrogens with zero attached hydrogens (tertiary/aromatic N) is 2. The van der Waals surface area contributed by atoms with Crippen molar-refractivity contribution < 1.29 is 0 Å². The van der Waals surface area contributed by atoms with E-state index in [0.29, 0.717) is 0 Å². The van der Waals surface area contributed by atoms with E-state index in [1.807, 2.05) is 11.8 Å². The van der Waals surface area contributed by atoms with Crippen LogP contribution in [0.1, 0.15) is 6.42 Å². The van der Waals surface area contributed by atoms with Gasteiger partial charge in [-0.2, -0.15) is 11.8 Å². The highest BCUT2D eigenvalue weighted by Gasteiger charge is 2.08. The molecule has 90 valence electrons. The Morgan fingerprint density at radius 1 is 1.27 bits per heavy atom. The third-order valence-electron chi connectivity index (χ3n) is 2.91. The van der Waals surface area contributed by atoms with E-state index in [0.717, 1.165) is 6.54 Å². The minimum atomic E-state index is 1.16. The highest BCUT2D eigenvalue weighted by atomic mass is 32.2. The third-order valence-corrected chi connectivity index (χ3v) is 3.50. The Morgan fingerprint density at radius 2 is 2.13 bits per heavy atom. The van der Waals surface area contributed by atoms with Crippen LogP contribution < -0.4 is 5.32 Å². The monoisotopic (exact) mass is 231 g/mol. The molecule has 1 fully saturated rings. The van der Waals surface area contributed by atoms with Crippen molar-refractivity contribution in [1.29, 1.82) is 0 Å². The smallest absolute Gasteiger partial charge is 0.0110 e. The van der Waals surface area contributed by atoms with Gasteiger partial charge in [0.2, 0.25) is 0 Å². The average Bonchev–Trinajstić information content (AvgIpc) is 2.51. The lowest BCUT2D eigenvalue weighted by Crippen LogP contribution is -2.36. The lowest BCUT2D eigenvalue weighted by atomic mass is 10.4. The van der Waals surface area contributed by atoms with Gasteiger partial charge in [-0.3, -0.25) is 0 Å². The number of rotatable bonds is 6. The van der Waals surface area contributed by atoms with Crippen molar-refractivity contribution in [3.8, 4) is 0 Å². The molecule has 0 bridgehead atoms. The van der Waals surface area contributed by atoms with Crippen molar-refractivity contribution in [1.82, 2.24) is 15.1 Å². The first kappa shape index (κ1) is 13.3. The van der Waals surface area contributed by atoms with Crippen LogP contribution in [0.3, 0.4) is 0 Å². The fourth-order valence-corrected chi connectivity index (χ4v) is 2.29. The molecule has 0 unspecified atom stereocenters. The summed E-state index contributed by atoms with van der Waals surface area (Å²) in [6.45, 7) is 8.49. The molecule has 3 nitrogen and oxygen atoms in total. The Kier molecular flexibility index (Phi) is 7.44. The molecule has 0 aromatic heterocycles. The summed E-state index contributed by atoms with van der Waals surface area (Å²) >= 11 is 1.93. The molecule has 1 N–H and O–H groups in total. The minimum absolute atomic E-state index is 1.16. The van der Waals surface area contributed by atoms with Crippen LogP contribution in [0.25, 0.3) is 0 Å². The first-order valence-corrected chi connectivity index (χ1v) is 7.33. The summed E-state index contributed by atoms with van der Waals surface area (Å²) in [6, 6.07) is 0. The van der Waals surface area contributed by atoms with Crippen molar-refractivity contribution in [3.05, 3.63) is 0 Å². The lowest BCUT2D eigenvalue weighted by Gasteiger charge is -2.23. The molecular formula is C11H25N3S. The lowest BCUT2D eigenvalue weighted by molar-refractivity contribution is 0.241. The molecule has 0 aliphatic carbocycles. The molecule has 1 aliphatic rings. The Balaban J connectivity index is 2.06. The highest BCUT2D eigenvalue weighted by Crippen LogP contribution is 1.97. The van der Waals surface area contributed by atoms with Crippen LogP contribution in [-0.2, 0) is 0 Å². The summed E-state index contributed by atoms with van der Waals surface area (Å²) in [4.78, 5) is 5.02. The van der Waals surface area contributed by atoms with E-state index >= 15 is 0 Å². The Bertz CT molecular complexity index is 147. The first-order chi connectivity index (χ1) is 7.33. The number of thioether (sulfide) groups is 1. The summed E-state index contributed by atoms with van der Waals surface area (Å²) in [5, 5.41) is 3.44. The van der Waals surface area contributed by atoms with Gasteiger partial charge in [-0.15, -0.1) is 0 Å². The summed E-state index contributed by atoms with van der Waals surface area (Å²) in [5.41, 5.74) is 0. The van der Waals surface area contributed by atoms with Gasteiger partial charge >= 0.3 is 0 Å². The van der Waals surface area contributed by atoms with E-state index in [9.17, 15) is 0 Å². The molecule has 15 heavy (non-hydrogen) atoms. The van der Waals surface area contributed by atoms with Gasteiger partial charge in [0.25, 0.3) is 0 Å². The van der Waals surface area contributed by atoms with Gasteiger partial charge in [-0.1, -0.05) is 0 Å². The molecule has 1 heterocycles. The van der Waals surface area contributed by atoms with E-state index in [4.69, 9.17) is 0 Å². The van der Waals surface area contributed by atoms with E-state index < -0.39 is 0 Å². The zero-order valence-electron chi connectivity index (χ0n) is 10.2. The Labute approximate surface area is 98.6 Å². The Morgan fingerprint density at radius 3 is 2.93 bits per heavy atom. The van der Waals surface area contributed by atoms with Crippen LogP contribution in [0.5, 0.6) is 0 Å². The standard InChI is InChI=1S/C11H25N3S/c1-13(10-11-15-2)8-9-14-6-3-4-12-5-7-14/h12H,3-11H2,1-2H3. The van der Waals surface area contributed by atoms with Crippen molar-refractivity contribution in [2.45, 2.75) is 6.42 Å². The second-order valence-electron chi connectivity index (χ2n) is 4.24. The fourth-order valence-electron chi connectivity index (χ4n) is 1.80. The second-order valence-corrected chi connectivity index (χ2v) is 5.23. The van der Waals surface area contributed by atoms with Crippen molar-refractivity contribution in [2.75, 3.05) is 64.9 Å². The summed E-state index contributed by atoms with van der Waals surface area (Å²) in [5.74, 6) is 1.25. The molecule has 0 aromatic rings. The maximum Gasteiger partial charge on any atom is 0.0110 e. The topological polar surface area (TPSA) is 18.5 Å². The third kappa shape index (κ3) is 6.40. The number of likely N-dealkylation sites (N-methyl/N-ethyl adjacent to an activating group) is 1. The summed E-state index contributed by atoms with van der Waals surface area (Å²) < 4.78 is 0. The van der Waals surface area contributed by atoms with Gasteiger partial charge < -0.3 is 15.1 Å². The van der Waals surface area contributed by atoms with Crippen molar-refractivity contribution in [2.24, 2.45) is 0 Å². The molecule has 1 rings (SSSR count). The predicted octanol–water partition coefficient (Wildman–Crippen LogP) is 0.577. The van der Waals surface area contributed by atoms with Crippen LogP contribution in [0, 0.1) is 0 Å². The van der Waals surface area contributed by atoms with Crippen LogP contribution in [0.2, 0.25) is 0 Å². The van der Waals surface area contributed by atoms with Crippen LogP contribution >= 0.6 is 11.8 Å². The van der Waals surface area contributed by atoms with Gasteiger partial charge in [0, 0.05) is 38.5 Å². The molecule has 0 radical (unpaired) electrons. The maximum absolute atomic E-state index is 3.44. The number of nitrogens with one attached hydrogen (secondary N) is 1. The normalized spacial score (nSPS) is 19.4. The number of hydrogen-bond donors (Lipinski definition) is 1. The van der Waals surface area contributed by atoms with Crippen LogP contribution in [0.4, 0.5) is 0 Å². The van der Waals surface area contributed by atoms with E-state index in [1.165, 1.54) is 51.4 Å². The van der Waals surface area contributed by atoms with Crippen molar-refractivity contribution in [3.63, 3.8) is 0 Å². The van der Waals surface area contributed by atoms with Gasteiger partial charge in [0.15, 0.2) is 0 Å². The van der Waals surface area contributed by atoms with Crippen LogP contribution in [-0.4, -0.2) is 74.7 Å². The molecule has 0 spiro atoms. The first-order valence-electron chi connectivity index (χ1n) is 5.93. The molecular weight excluding hydrogens is 206 g/mol. The predicted molar refractivity (Wildman–Crippen MR) is 69.8 cm³/mol. The van der Waals surface area contributed by atoms with Crippen molar-refractivity contribution >= 4 is 11.8 Å². The zero-order valence-corrected chi connectivity index (χ0v) is 11.0. The van der Waals surface area contributed by atoms with Gasteiger partial charge in [0.1, 0.15) is 0 Å². The van der Waals surface area contributed by atoms with Gasteiger partial charge in [-0.05, 0) is 32.8 Å². The number of hydrogen-bond acceptors (Lipinski definition) is 4. The molecule has 1 saturated heterocycles. The SMILES string of the molecule is CSCCN(C)CCN1CCCNCC1. The molecule has 1 aliphatic heterocycles. The molecule has 0 amide bonds. The van der Waals surface area contributed by atoms with Crippen LogP contribution in [0.15, 0.2) is 0 Å². The molecule has 4 heteroatoms. The average molecular weight is 231 g/mol. The zero-order chi connectivity index (χ0) is 10.9. The largest absolute Gasteiger partial charge is 0.315 e. The quantitative estimate of drug-likeness (QED) is 0.720.